The minimum atomic E-state index is 0.0889. The van der Waals surface area contributed by atoms with Gasteiger partial charge in [0.25, 0.3) is 5.91 Å². The Morgan fingerprint density at radius 1 is 1.45 bits per heavy atom. The molecule has 1 N–H and O–H groups in total. The molecule has 0 spiro atoms. The Morgan fingerprint density at radius 2 is 2.23 bits per heavy atom. The zero-order chi connectivity index (χ0) is 15.9. The fraction of sp³-hybridized carbons (Fsp3) is 0.533. The highest BCUT2D eigenvalue weighted by Crippen LogP contribution is 2.29. The summed E-state index contributed by atoms with van der Waals surface area (Å²) in [6.07, 6.45) is 3.70. The second kappa shape index (κ2) is 5.81. The highest BCUT2D eigenvalue weighted by molar-refractivity contribution is 7.17. The molecule has 1 aliphatic heterocycles. The number of piperazine rings is 1. The Bertz CT molecular complexity index is 692. The number of thiazole rings is 1. The van der Waals surface area contributed by atoms with E-state index in [1.54, 1.807) is 10.9 Å². The molecule has 2 unspecified atom stereocenters. The summed E-state index contributed by atoms with van der Waals surface area (Å²) in [6.45, 7) is 7.69. The van der Waals surface area contributed by atoms with Gasteiger partial charge in [-0.25, -0.2) is 4.98 Å². The number of nitrogens with one attached hydrogen (secondary N) is 1. The number of amides is 1. The van der Waals surface area contributed by atoms with Crippen molar-refractivity contribution in [3.8, 4) is 10.6 Å². The third-order valence-corrected chi connectivity index (χ3v) is 5.43. The molecule has 2 aromatic heterocycles. The van der Waals surface area contributed by atoms with Crippen LogP contribution >= 0.6 is 11.3 Å². The topological polar surface area (TPSA) is 63.1 Å². The summed E-state index contributed by atoms with van der Waals surface area (Å²) >= 11 is 1.45. The number of rotatable bonds is 2. The molecular weight excluding hydrogens is 298 g/mol. The summed E-state index contributed by atoms with van der Waals surface area (Å²) in [5.41, 5.74) is 1.75. The molecule has 22 heavy (non-hydrogen) atoms. The van der Waals surface area contributed by atoms with E-state index >= 15 is 0 Å². The van der Waals surface area contributed by atoms with Crippen LogP contribution in [0.4, 0.5) is 0 Å². The first-order chi connectivity index (χ1) is 10.5. The van der Waals surface area contributed by atoms with E-state index < -0.39 is 0 Å². The van der Waals surface area contributed by atoms with Gasteiger partial charge in [0.1, 0.15) is 9.88 Å². The van der Waals surface area contributed by atoms with Crippen molar-refractivity contribution in [1.82, 2.24) is 25.0 Å². The molecule has 0 bridgehead atoms. The lowest BCUT2D eigenvalue weighted by molar-refractivity contribution is 0.0607. The fourth-order valence-corrected chi connectivity index (χ4v) is 3.72. The molecule has 0 radical (unpaired) electrons. The van der Waals surface area contributed by atoms with Gasteiger partial charge >= 0.3 is 0 Å². The van der Waals surface area contributed by atoms with Crippen LogP contribution in [0.3, 0.4) is 0 Å². The molecule has 1 amide bonds. The van der Waals surface area contributed by atoms with Crippen molar-refractivity contribution in [3.05, 3.63) is 23.0 Å². The largest absolute Gasteiger partial charge is 0.332 e. The zero-order valence-electron chi connectivity index (χ0n) is 13.3. The van der Waals surface area contributed by atoms with Crippen LogP contribution in [0, 0.1) is 6.92 Å². The standard InChI is InChI=1S/C15H21N5OS/c1-9-11(3)20(6-5-16-9)15(21)13-10(2)18-14(22-13)12-7-17-19(4)8-12/h7-9,11,16H,5-6H2,1-4H3. The van der Waals surface area contributed by atoms with E-state index in [1.165, 1.54) is 11.3 Å². The molecule has 0 saturated carbocycles. The highest BCUT2D eigenvalue weighted by atomic mass is 32.1. The van der Waals surface area contributed by atoms with Crippen molar-refractivity contribution in [1.29, 1.82) is 0 Å². The van der Waals surface area contributed by atoms with Gasteiger partial charge in [-0.3, -0.25) is 9.48 Å². The van der Waals surface area contributed by atoms with Crippen LogP contribution in [-0.2, 0) is 7.05 Å². The van der Waals surface area contributed by atoms with Gasteiger partial charge < -0.3 is 10.2 Å². The minimum Gasteiger partial charge on any atom is -0.332 e. The number of aromatic nitrogens is 3. The van der Waals surface area contributed by atoms with Crippen LogP contribution in [0.15, 0.2) is 12.4 Å². The first-order valence-corrected chi connectivity index (χ1v) is 8.30. The third kappa shape index (κ3) is 2.66. The van der Waals surface area contributed by atoms with E-state index in [1.807, 2.05) is 25.1 Å². The average molecular weight is 319 g/mol. The maximum atomic E-state index is 12.9. The normalized spacial score (nSPS) is 22.1. The van der Waals surface area contributed by atoms with Gasteiger partial charge in [0, 0.05) is 44.0 Å². The molecule has 0 aliphatic carbocycles. The van der Waals surface area contributed by atoms with Crippen LogP contribution in [0.2, 0.25) is 0 Å². The van der Waals surface area contributed by atoms with E-state index in [0.717, 1.165) is 34.2 Å². The average Bonchev–Trinajstić information content (AvgIpc) is 3.07. The Labute approximate surface area is 134 Å². The van der Waals surface area contributed by atoms with Crippen molar-refractivity contribution in [2.24, 2.45) is 7.05 Å². The molecule has 2 aromatic rings. The van der Waals surface area contributed by atoms with Crippen LogP contribution in [0.1, 0.15) is 29.2 Å². The molecule has 118 valence electrons. The van der Waals surface area contributed by atoms with Crippen LogP contribution in [-0.4, -0.2) is 50.7 Å². The molecule has 6 nitrogen and oxygen atoms in total. The Hall–Kier alpha value is -1.73. The van der Waals surface area contributed by atoms with Crippen LogP contribution < -0.4 is 5.32 Å². The van der Waals surface area contributed by atoms with E-state index in [4.69, 9.17) is 0 Å². The molecule has 0 aromatic carbocycles. The van der Waals surface area contributed by atoms with E-state index in [9.17, 15) is 4.79 Å². The number of carbonyl (C=O) groups excluding carboxylic acids is 1. The van der Waals surface area contributed by atoms with E-state index in [0.29, 0.717) is 6.04 Å². The molecule has 3 heterocycles. The summed E-state index contributed by atoms with van der Waals surface area (Å²) in [5.74, 6) is 0.0889. The van der Waals surface area contributed by atoms with E-state index in [-0.39, 0.29) is 11.9 Å². The molecule has 1 saturated heterocycles. The highest BCUT2D eigenvalue weighted by Gasteiger charge is 2.31. The molecule has 7 heteroatoms. The van der Waals surface area contributed by atoms with Crippen molar-refractivity contribution in [2.75, 3.05) is 13.1 Å². The predicted octanol–water partition coefficient (Wildman–Crippen LogP) is 1.67. The quantitative estimate of drug-likeness (QED) is 0.915. The summed E-state index contributed by atoms with van der Waals surface area (Å²) in [4.78, 5) is 20.1. The maximum absolute atomic E-state index is 12.9. The lowest BCUT2D eigenvalue weighted by Crippen LogP contribution is -2.57. The Balaban J connectivity index is 1.88. The van der Waals surface area contributed by atoms with Crippen molar-refractivity contribution in [2.45, 2.75) is 32.9 Å². The number of carbonyl (C=O) groups is 1. The van der Waals surface area contributed by atoms with Gasteiger partial charge in [0.05, 0.1) is 11.9 Å². The van der Waals surface area contributed by atoms with Gasteiger partial charge in [0.15, 0.2) is 0 Å². The smallest absolute Gasteiger partial charge is 0.266 e. The van der Waals surface area contributed by atoms with Gasteiger partial charge in [0.2, 0.25) is 0 Å². The van der Waals surface area contributed by atoms with Crippen molar-refractivity contribution < 1.29 is 4.79 Å². The van der Waals surface area contributed by atoms with Crippen molar-refractivity contribution >= 4 is 17.2 Å². The van der Waals surface area contributed by atoms with Gasteiger partial charge in [-0.1, -0.05) is 0 Å². The fourth-order valence-electron chi connectivity index (χ4n) is 2.72. The number of hydrogen-bond donors (Lipinski definition) is 1. The second-order valence-electron chi connectivity index (χ2n) is 5.82. The summed E-state index contributed by atoms with van der Waals surface area (Å²) in [6, 6.07) is 0.494. The third-order valence-electron chi connectivity index (χ3n) is 4.24. The summed E-state index contributed by atoms with van der Waals surface area (Å²) in [5, 5.41) is 8.42. The SMILES string of the molecule is Cc1nc(-c2cnn(C)c2)sc1C(=O)N1CCNC(C)C1C. The van der Waals surface area contributed by atoms with E-state index in [2.05, 4.69) is 29.2 Å². The van der Waals surface area contributed by atoms with Crippen LogP contribution in [0.25, 0.3) is 10.6 Å². The molecule has 1 fully saturated rings. The molecule has 3 rings (SSSR count). The maximum Gasteiger partial charge on any atom is 0.266 e. The lowest BCUT2D eigenvalue weighted by atomic mass is 10.1. The first kappa shape index (κ1) is 15.2. The monoisotopic (exact) mass is 319 g/mol. The zero-order valence-corrected chi connectivity index (χ0v) is 14.1. The summed E-state index contributed by atoms with van der Waals surface area (Å²) in [7, 11) is 1.87. The lowest BCUT2D eigenvalue weighted by Gasteiger charge is -2.38. The van der Waals surface area contributed by atoms with Gasteiger partial charge in [-0.2, -0.15) is 5.10 Å². The summed E-state index contributed by atoms with van der Waals surface area (Å²) < 4.78 is 1.74. The van der Waals surface area contributed by atoms with Crippen molar-refractivity contribution in [3.63, 3.8) is 0 Å². The van der Waals surface area contributed by atoms with Gasteiger partial charge in [-0.05, 0) is 20.8 Å². The number of hydrogen-bond acceptors (Lipinski definition) is 5. The first-order valence-electron chi connectivity index (χ1n) is 7.48. The second-order valence-corrected chi connectivity index (χ2v) is 6.82. The predicted molar refractivity (Wildman–Crippen MR) is 87.0 cm³/mol. The van der Waals surface area contributed by atoms with Crippen LogP contribution in [0.5, 0.6) is 0 Å². The van der Waals surface area contributed by atoms with Gasteiger partial charge in [-0.15, -0.1) is 11.3 Å². The number of aryl methyl sites for hydroxylation is 2. The Kier molecular flexibility index (Phi) is 4.01. The molecule has 2 atom stereocenters. The number of nitrogens with zero attached hydrogens (tertiary/aromatic N) is 4. The molecule has 1 aliphatic rings. The minimum absolute atomic E-state index is 0.0889. The molecular formula is C15H21N5OS. The Morgan fingerprint density at radius 3 is 2.91 bits per heavy atom.